The van der Waals surface area contributed by atoms with Gasteiger partial charge in [0, 0.05) is 22.6 Å². The van der Waals surface area contributed by atoms with Crippen LogP contribution in [0.25, 0.3) is 0 Å². The van der Waals surface area contributed by atoms with E-state index in [2.05, 4.69) is 31.9 Å². The quantitative estimate of drug-likeness (QED) is 0.805. The molecule has 1 rings (SSSR count). The molecule has 5 heteroatoms. The predicted octanol–water partition coefficient (Wildman–Crippen LogP) is 2.80. The van der Waals surface area contributed by atoms with Crippen LogP contribution >= 0.6 is 34.1 Å². The molecule has 0 aliphatic carbocycles. The van der Waals surface area contributed by atoms with E-state index in [0.29, 0.717) is 0 Å². The van der Waals surface area contributed by atoms with Crippen molar-refractivity contribution in [1.82, 2.24) is 9.36 Å². The molecule has 0 radical (unpaired) electrons. The summed E-state index contributed by atoms with van der Waals surface area (Å²) in [6, 6.07) is 0. The van der Waals surface area contributed by atoms with E-state index in [9.17, 15) is 0 Å². The van der Waals surface area contributed by atoms with E-state index in [4.69, 9.17) is 4.74 Å². The minimum atomic E-state index is -0.324. The van der Waals surface area contributed by atoms with Crippen LogP contribution in [0, 0.1) is 3.83 Å². The van der Waals surface area contributed by atoms with E-state index >= 15 is 0 Å². The molecule has 0 spiro atoms. The second-order valence-corrected chi connectivity index (χ2v) is 5.26. The number of rotatable bonds is 3. The lowest BCUT2D eigenvalue weighted by Crippen LogP contribution is -2.25. The molecule has 0 N–H and O–H groups in total. The normalized spacial score (nSPS) is 12.5. The molecular weight excluding hydrogens is 299 g/mol. The van der Waals surface area contributed by atoms with Gasteiger partial charge in [-0.05, 0) is 39.2 Å². The smallest absolute Gasteiger partial charge is 0.203 e. The lowest BCUT2D eigenvalue weighted by Gasteiger charge is -2.24. The maximum absolute atomic E-state index is 5.74. The van der Waals surface area contributed by atoms with E-state index in [-0.39, 0.29) is 11.7 Å². The van der Waals surface area contributed by atoms with Crippen LogP contribution in [0.15, 0.2) is 0 Å². The molecule has 0 fully saturated rings. The molecule has 0 aromatic carbocycles. The van der Waals surface area contributed by atoms with Crippen molar-refractivity contribution in [1.29, 1.82) is 0 Å². The molecular formula is C8H13IN2OS. The van der Waals surface area contributed by atoms with Gasteiger partial charge < -0.3 is 4.74 Å². The third-order valence-corrected chi connectivity index (χ3v) is 3.28. The molecule has 0 aliphatic rings. The predicted molar refractivity (Wildman–Crippen MR) is 61.9 cm³/mol. The van der Waals surface area contributed by atoms with Crippen LogP contribution in [0.3, 0.4) is 0 Å². The average Bonchev–Trinajstić information content (AvgIpc) is 2.32. The Balaban J connectivity index is 2.80. The molecule has 0 bridgehead atoms. The summed E-state index contributed by atoms with van der Waals surface area (Å²) in [5, 5.41) is 0.936. The Bertz CT molecular complexity index is 285. The fraction of sp³-hybridized carbons (Fsp3) is 0.750. The molecule has 1 aromatic rings. The number of hydrogen-bond donors (Lipinski definition) is 0. The average molecular weight is 312 g/mol. The van der Waals surface area contributed by atoms with Crippen LogP contribution in [0.4, 0.5) is 0 Å². The summed E-state index contributed by atoms with van der Waals surface area (Å²) < 4.78 is 10.7. The van der Waals surface area contributed by atoms with Gasteiger partial charge in [0.15, 0.2) is 0 Å². The highest BCUT2D eigenvalue weighted by Gasteiger charge is 2.26. The zero-order valence-corrected chi connectivity index (χ0v) is 11.1. The molecule has 0 atom stereocenters. The number of hydrogen-bond acceptors (Lipinski definition) is 4. The first kappa shape index (κ1) is 11.3. The summed E-state index contributed by atoms with van der Waals surface area (Å²) in [5.74, 6) is 0. The molecule has 1 heterocycles. The Morgan fingerprint density at radius 3 is 2.46 bits per heavy atom. The van der Waals surface area contributed by atoms with Gasteiger partial charge in [0.25, 0.3) is 0 Å². The van der Waals surface area contributed by atoms with Crippen LogP contribution in [-0.2, 0) is 10.3 Å². The van der Waals surface area contributed by atoms with Gasteiger partial charge in [0.1, 0.15) is 10.6 Å². The largest absolute Gasteiger partial charge is 0.366 e. The highest BCUT2D eigenvalue weighted by atomic mass is 127. The van der Waals surface area contributed by atoms with Gasteiger partial charge >= 0.3 is 0 Å². The van der Waals surface area contributed by atoms with Crippen molar-refractivity contribution < 1.29 is 4.74 Å². The second kappa shape index (κ2) is 4.18. The van der Waals surface area contributed by atoms with Crippen LogP contribution in [0.1, 0.15) is 32.7 Å². The molecule has 13 heavy (non-hydrogen) atoms. The first-order valence-electron chi connectivity index (χ1n) is 4.09. The van der Waals surface area contributed by atoms with Crippen LogP contribution < -0.4 is 0 Å². The molecule has 0 unspecified atom stereocenters. The second-order valence-electron chi connectivity index (χ2n) is 3.55. The summed E-state index contributed by atoms with van der Waals surface area (Å²) >= 11 is 3.51. The third kappa shape index (κ3) is 3.14. The molecule has 3 nitrogen and oxygen atoms in total. The SMILES string of the molecule is CC(C)OC(C)(C)c1nc(I)ns1. The van der Waals surface area contributed by atoms with E-state index in [1.54, 1.807) is 0 Å². The maximum Gasteiger partial charge on any atom is 0.203 e. The van der Waals surface area contributed by atoms with Crippen molar-refractivity contribution >= 4 is 34.1 Å². The number of halogens is 1. The van der Waals surface area contributed by atoms with Gasteiger partial charge in [0.05, 0.1) is 6.10 Å². The van der Waals surface area contributed by atoms with Crippen molar-refractivity contribution in [3.8, 4) is 0 Å². The Hall–Kier alpha value is 0.250. The molecule has 1 aromatic heterocycles. The lowest BCUT2D eigenvalue weighted by atomic mass is 10.1. The standard InChI is InChI=1S/C8H13IN2OS/c1-5(2)12-8(3,4)6-10-7(9)11-13-6/h5H,1-4H3. The zero-order chi connectivity index (χ0) is 10.1. The molecule has 0 amide bonds. The molecule has 0 saturated carbocycles. The summed E-state index contributed by atoms with van der Waals surface area (Å²) in [4.78, 5) is 4.30. The summed E-state index contributed by atoms with van der Waals surface area (Å²) in [6.07, 6.45) is 0.205. The number of nitrogens with zero attached hydrogens (tertiary/aromatic N) is 2. The summed E-state index contributed by atoms with van der Waals surface area (Å²) in [6.45, 7) is 8.08. The minimum Gasteiger partial charge on any atom is -0.366 e. The van der Waals surface area contributed by atoms with Gasteiger partial charge in [-0.3, -0.25) is 0 Å². The van der Waals surface area contributed by atoms with Gasteiger partial charge in [-0.15, -0.1) is 0 Å². The van der Waals surface area contributed by atoms with E-state index in [0.717, 1.165) is 8.84 Å². The van der Waals surface area contributed by atoms with Gasteiger partial charge in [0.2, 0.25) is 3.83 Å². The Morgan fingerprint density at radius 1 is 1.46 bits per heavy atom. The zero-order valence-electron chi connectivity index (χ0n) is 8.17. The number of aromatic nitrogens is 2. The Labute approximate surface area is 96.2 Å². The third-order valence-electron chi connectivity index (χ3n) is 1.45. The van der Waals surface area contributed by atoms with Crippen molar-refractivity contribution in [3.05, 3.63) is 8.84 Å². The number of ether oxygens (including phenoxy) is 1. The van der Waals surface area contributed by atoms with Crippen molar-refractivity contribution in [2.24, 2.45) is 0 Å². The van der Waals surface area contributed by atoms with E-state index in [1.165, 1.54) is 11.5 Å². The first-order valence-corrected chi connectivity index (χ1v) is 5.94. The molecule has 0 aliphatic heterocycles. The van der Waals surface area contributed by atoms with Gasteiger partial charge in [-0.1, -0.05) is 0 Å². The van der Waals surface area contributed by atoms with Gasteiger partial charge in [-0.25, -0.2) is 4.98 Å². The molecule has 74 valence electrons. The topological polar surface area (TPSA) is 35.0 Å². The fourth-order valence-corrected chi connectivity index (χ4v) is 2.39. The van der Waals surface area contributed by atoms with Crippen LogP contribution in [0.5, 0.6) is 0 Å². The lowest BCUT2D eigenvalue weighted by molar-refractivity contribution is -0.0601. The summed E-state index contributed by atoms with van der Waals surface area (Å²) in [5.41, 5.74) is -0.324. The summed E-state index contributed by atoms with van der Waals surface area (Å²) in [7, 11) is 0. The Morgan fingerprint density at radius 2 is 2.08 bits per heavy atom. The highest BCUT2D eigenvalue weighted by molar-refractivity contribution is 14.1. The van der Waals surface area contributed by atoms with Gasteiger partial charge in [-0.2, -0.15) is 4.37 Å². The first-order chi connectivity index (χ1) is 5.92. The van der Waals surface area contributed by atoms with E-state index in [1.807, 2.05) is 27.7 Å². The monoisotopic (exact) mass is 312 g/mol. The molecule has 0 saturated heterocycles. The van der Waals surface area contributed by atoms with Crippen molar-refractivity contribution in [2.45, 2.75) is 39.4 Å². The van der Waals surface area contributed by atoms with Crippen molar-refractivity contribution in [3.63, 3.8) is 0 Å². The van der Waals surface area contributed by atoms with E-state index < -0.39 is 0 Å². The van der Waals surface area contributed by atoms with Crippen molar-refractivity contribution in [2.75, 3.05) is 0 Å². The maximum atomic E-state index is 5.74. The minimum absolute atomic E-state index is 0.205. The van der Waals surface area contributed by atoms with Crippen LogP contribution in [-0.4, -0.2) is 15.5 Å². The fourth-order valence-electron chi connectivity index (χ4n) is 1.09. The Kier molecular flexibility index (Phi) is 3.64. The highest BCUT2D eigenvalue weighted by Crippen LogP contribution is 2.27. The van der Waals surface area contributed by atoms with Crippen LogP contribution in [0.2, 0.25) is 0 Å².